The first-order valence-electron chi connectivity index (χ1n) is 6.34. The molecule has 4 unspecified atom stereocenters. The first-order valence-corrected chi connectivity index (χ1v) is 7.91. The molecule has 1 aromatic heterocycles. The zero-order chi connectivity index (χ0) is 12.0. The summed E-state index contributed by atoms with van der Waals surface area (Å²) in [6.07, 6.45) is 5.64. The highest BCUT2D eigenvalue weighted by molar-refractivity contribution is 7.20. The third-order valence-corrected chi connectivity index (χ3v) is 5.87. The van der Waals surface area contributed by atoms with E-state index in [1.54, 1.807) is 0 Å². The molecule has 2 saturated carbocycles. The molecule has 1 N–H and O–H groups in total. The average Bonchev–Trinajstić information content (AvgIpc) is 2.93. The SMILES string of the molecule is CC(NC1CC2CCC1C2)c1cc(Cl)sc1Cl. The molecule has 2 aliphatic rings. The largest absolute Gasteiger partial charge is 0.307 e. The zero-order valence-corrected chi connectivity index (χ0v) is 12.2. The molecule has 0 radical (unpaired) electrons. The fourth-order valence-electron chi connectivity index (χ4n) is 3.51. The molecule has 17 heavy (non-hydrogen) atoms. The monoisotopic (exact) mass is 289 g/mol. The lowest BCUT2D eigenvalue weighted by Gasteiger charge is -2.26. The summed E-state index contributed by atoms with van der Waals surface area (Å²) in [4.78, 5) is 0. The molecule has 94 valence electrons. The van der Waals surface area contributed by atoms with E-state index < -0.39 is 0 Å². The van der Waals surface area contributed by atoms with Crippen LogP contribution in [0, 0.1) is 11.8 Å². The molecule has 0 spiro atoms. The van der Waals surface area contributed by atoms with Crippen molar-refractivity contribution >= 4 is 34.5 Å². The van der Waals surface area contributed by atoms with Gasteiger partial charge in [0.25, 0.3) is 0 Å². The molecular formula is C13H17Cl2NS. The molecule has 1 nitrogen and oxygen atoms in total. The molecule has 2 bridgehead atoms. The molecule has 1 heterocycles. The maximum absolute atomic E-state index is 6.20. The van der Waals surface area contributed by atoms with E-state index in [1.807, 2.05) is 6.07 Å². The van der Waals surface area contributed by atoms with E-state index in [9.17, 15) is 0 Å². The van der Waals surface area contributed by atoms with Gasteiger partial charge in [-0.05, 0) is 49.7 Å². The number of hydrogen-bond donors (Lipinski definition) is 1. The smallest absolute Gasteiger partial charge is 0.0991 e. The molecule has 2 aliphatic carbocycles. The first kappa shape index (κ1) is 12.3. The molecule has 0 aromatic carbocycles. The Morgan fingerprint density at radius 1 is 1.35 bits per heavy atom. The van der Waals surface area contributed by atoms with Crippen LogP contribution < -0.4 is 5.32 Å². The summed E-state index contributed by atoms with van der Waals surface area (Å²) < 4.78 is 1.62. The lowest BCUT2D eigenvalue weighted by molar-refractivity contribution is 0.327. The Labute approximate surface area is 117 Å². The van der Waals surface area contributed by atoms with E-state index in [0.29, 0.717) is 12.1 Å². The topological polar surface area (TPSA) is 12.0 Å². The van der Waals surface area contributed by atoms with E-state index in [-0.39, 0.29) is 0 Å². The van der Waals surface area contributed by atoms with Crippen molar-refractivity contribution in [2.24, 2.45) is 11.8 Å². The van der Waals surface area contributed by atoms with Crippen LogP contribution in [0.2, 0.25) is 8.67 Å². The molecule has 0 aliphatic heterocycles. The van der Waals surface area contributed by atoms with Crippen LogP contribution in [0.3, 0.4) is 0 Å². The predicted octanol–water partition coefficient (Wildman–Crippen LogP) is 4.89. The van der Waals surface area contributed by atoms with Gasteiger partial charge in [0.05, 0.1) is 8.67 Å². The fraction of sp³-hybridized carbons (Fsp3) is 0.692. The van der Waals surface area contributed by atoms with E-state index in [1.165, 1.54) is 37.0 Å². The molecular weight excluding hydrogens is 273 g/mol. The van der Waals surface area contributed by atoms with Gasteiger partial charge in [-0.25, -0.2) is 0 Å². The Bertz CT molecular complexity index is 418. The quantitative estimate of drug-likeness (QED) is 0.835. The second-order valence-electron chi connectivity index (χ2n) is 5.45. The normalized spacial score (nSPS) is 33.2. The number of thiophene rings is 1. The highest BCUT2D eigenvalue weighted by Gasteiger charge is 2.39. The van der Waals surface area contributed by atoms with Gasteiger partial charge >= 0.3 is 0 Å². The lowest BCUT2D eigenvalue weighted by Crippen LogP contribution is -2.35. The van der Waals surface area contributed by atoms with Crippen molar-refractivity contribution in [3.05, 3.63) is 20.3 Å². The lowest BCUT2D eigenvalue weighted by atomic mass is 9.94. The first-order chi connectivity index (χ1) is 8.13. The Morgan fingerprint density at radius 2 is 2.18 bits per heavy atom. The van der Waals surface area contributed by atoms with Crippen molar-refractivity contribution in [3.63, 3.8) is 0 Å². The van der Waals surface area contributed by atoms with Crippen LogP contribution in [0.5, 0.6) is 0 Å². The van der Waals surface area contributed by atoms with Crippen LogP contribution in [0.25, 0.3) is 0 Å². The molecule has 4 atom stereocenters. The average molecular weight is 290 g/mol. The summed E-state index contributed by atoms with van der Waals surface area (Å²) >= 11 is 13.7. The van der Waals surface area contributed by atoms with E-state index in [0.717, 1.165) is 26.1 Å². The van der Waals surface area contributed by atoms with Gasteiger partial charge < -0.3 is 5.32 Å². The maximum atomic E-state index is 6.20. The summed E-state index contributed by atoms with van der Waals surface area (Å²) in [6, 6.07) is 3.01. The number of rotatable bonds is 3. The van der Waals surface area contributed by atoms with Crippen LogP contribution in [-0.2, 0) is 0 Å². The van der Waals surface area contributed by atoms with Gasteiger partial charge in [-0.15, -0.1) is 11.3 Å². The summed E-state index contributed by atoms with van der Waals surface area (Å²) in [5.41, 5.74) is 1.16. The van der Waals surface area contributed by atoms with Crippen molar-refractivity contribution < 1.29 is 0 Å². The van der Waals surface area contributed by atoms with Gasteiger partial charge in [0.1, 0.15) is 0 Å². The summed E-state index contributed by atoms with van der Waals surface area (Å²) in [5.74, 6) is 1.88. The number of halogens is 2. The van der Waals surface area contributed by atoms with Crippen molar-refractivity contribution in [2.75, 3.05) is 0 Å². The van der Waals surface area contributed by atoms with Crippen LogP contribution in [0.4, 0.5) is 0 Å². The molecule has 4 heteroatoms. The second kappa shape index (κ2) is 4.73. The van der Waals surface area contributed by atoms with Gasteiger partial charge in [-0.3, -0.25) is 0 Å². The summed E-state index contributed by atoms with van der Waals surface area (Å²) in [5, 5.41) is 3.74. The van der Waals surface area contributed by atoms with Crippen molar-refractivity contribution in [2.45, 2.75) is 44.7 Å². The van der Waals surface area contributed by atoms with Crippen molar-refractivity contribution in [1.82, 2.24) is 5.32 Å². The number of nitrogens with one attached hydrogen (secondary N) is 1. The minimum Gasteiger partial charge on any atom is -0.307 e. The third kappa shape index (κ3) is 2.37. The molecule has 0 amide bonds. The van der Waals surface area contributed by atoms with Gasteiger partial charge in [0.2, 0.25) is 0 Å². The second-order valence-corrected chi connectivity index (χ2v) is 7.73. The van der Waals surface area contributed by atoms with Crippen molar-refractivity contribution in [1.29, 1.82) is 0 Å². The van der Waals surface area contributed by atoms with E-state index >= 15 is 0 Å². The minimum atomic E-state index is 0.315. The Morgan fingerprint density at radius 3 is 2.71 bits per heavy atom. The van der Waals surface area contributed by atoms with Crippen LogP contribution in [0.15, 0.2) is 6.07 Å². The predicted molar refractivity (Wildman–Crippen MR) is 75.1 cm³/mol. The standard InChI is InChI=1S/C13H17Cl2NS/c1-7(10-6-12(14)17-13(10)15)16-11-5-8-2-3-9(11)4-8/h6-9,11,16H,2-5H2,1H3. The Balaban J connectivity index is 1.67. The van der Waals surface area contributed by atoms with Gasteiger partial charge in [0, 0.05) is 12.1 Å². The highest BCUT2D eigenvalue weighted by Crippen LogP contribution is 2.45. The molecule has 0 saturated heterocycles. The minimum absolute atomic E-state index is 0.315. The highest BCUT2D eigenvalue weighted by atomic mass is 35.5. The molecule has 2 fully saturated rings. The Kier molecular flexibility index (Phi) is 3.42. The summed E-state index contributed by atoms with van der Waals surface area (Å²) in [7, 11) is 0. The van der Waals surface area contributed by atoms with Crippen molar-refractivity contribution in [3.8, 4) is 0 Å². The number of hydrogen-bond acceptors (Lipinski definition) is 2. The van der Waals surface area contributed by atoms with E-state index in [2.05, 4.69) is 12.2 Å². The zero-order valence-electron chi connectivity index (χ0n) is 9.88. The molecule has 1 aromatic rings. The van der Waals surface area contributed by atoms with Gasteiger partial charge in [-0.2, -0.15) is 0 Å². The van der Waals surface area contributed by atoms with Crippen LogP contribution in [0.1, 0.15) is 44.2 Å². The maximum Gasteiger partial charge on any atom is 0.0991 e. The Hall–Kier alpha value is 0.240. The van der Waals surface area contributed by atoms with Gasteiger partial charge in [0.15, 0.2) is 0 Å². The van der Waals surface area contributed by atoms with Crippen LogP contribution >= 0.6 is 34.5 Å². The van der Waals surface area contributed by atoms with Crippen LogP contribution in [-0.4, -0.2) is 6.04 Å². The summed E-state index contributed by atoms with van der Waals surface area (Å²) in [6.45, 7) is 2.19. The third-order valence-electron chi connectivity index (χ3n) is 4.35. The van der Waals surface area contributed by atoms with Gasteiger partial charge in [-0.1, -0.05) is 29.6 Å². The number of fused-ring (bicyclic) bond motifs is 2. The van der Waals surface area contributed by atoms with E-state index in [4.69, 9.17) is 23.2 Å². The molecule has 3 rings (SSSR count). The fourth-order valence-corrected chi connectivity index (χ4v) is 5.15.